The number of amides is 2. The van der Waals surface area contributed by atoms with Gasteiger partial charge in [0.15, 0.2) is 0 Å². The first-order valence-corrected chi connectivity index (χ1v) is 8.40. The maximum atomic E-state index is 13.5. The number of urea groups is 1. The molecule has 0 aliphatic carbocycles. The molecule has 7 heteroatoms. The van der Waals surface area contributed by atoms with Gasteiger partial charge in [-0.15, -0.1) is 0 Å². The van der Waals surface area contributed by atoms with Gasteiger partial charge in [-0.2, -0.15) is 0 Å². The Bertz CT molecular complexity index is 935. The second-order valence-electron chi connectivity index (χ2n) is 6.57. The van der Waals surface area contributed by atoms with Gasteiger partial charge in [-0.3, -0.25) is 0 Å². The lowest BCUT2D eigenvalue weighted by Crippen LogP contribution is -2.35. The van der Waals surface area contributed by atoms with Crippen LogP contribution in [-0.4, -0.2) is 16.0 Å². The summed E-state index contributed by atoms with van der Waals surface area (Å²) in [5.41, 5.74) is 1.91. The van der Waals surface area contributed by atoms with Gasteiger partial charge in [0.2, 0.25) is 0 Å². The van der Waals surface area contributed by atoms with Gasteiger partial charge in [0.1, 0.15) is 23.0 Å². The van der Waals surface area contributed by atoms with Gasteiger partial charge in [0.25, 0.3) is 0 Å². The zero-order valence-electron chi connectivity index (χ0n) is 15.1. The van der Waals surface area contributed by atoms with E-state index in [1.165, 1.54) is 12.1 Å². The molecule has 2 heterocycles. The number of furan rings is 1. The van der Waals surface area contributed by atoms with Gasteiger partial charge in [-0.1, -0.05) is 13.8 Å². The summed E-state index contributed by atoms with van der Waals surface area (Å²) in [7, 11) is 0. The van der Waals surface area contributed by atoms with Crippen LogP contribution in [0.2, 0.25) is 0 Å². The normalized spacial score (nSPS) is 12.4. The highest BCUT2D eigenvalue weighted by Gasteiger charge is 2.25. The van der Waals surface area contributed by atoms with Crippen molar-refractivity contribution in [2.45, 2.75) is 33.7 Å². The lowest BCUT2D eigenvalue weighted by molar-refractivity contribution is 0.241. The quantitative estimate of drug-likeness (QED) is 0.721. The maximum Gasteiger partial charge on any atom is 0.319 e. The fourth-order valence-electron chi connectivity index (χ4n) is 2.81. The standard InChI is InChI=1S/C19H21FN4O2/c1-10(2)17(24-19(25)23-14-8-21-12(4)22-9-14)18-11(3)15-7-13(20)5-6-16(15)26-18/h5-10,17H,1-4H3,(H2,23,24,25)/t17-/m0/s1. The molecule has 136 valence electrons. The first-order valence-electron chi connectivity index (χ1n) is 8.40. The van der Waals surface area contributed by atoms with Crippen LogP contribution in [0.25, 0.3) is 11.0 Å². The van der Waals surface area contributed by atoms with Gasteiger partial charge in [0, 0.05) is 10.9 Å². The van der Waals surface area contributed by atoms with Crippen LogP contribution in [0.1, 0.15) is 37.0 Å². The van der Waals surface area contributed by atoms with Crippen LogP contribution >= 0.6 is 0 Å². The molecular formula is C19H21FN4O2. The Morgan fingerprint density at radius 2 is 1.88 bits per heavy atom. The monoisotopic (exact) mass is 356 g/mol. The van der Waals surface area contributed by atoms with Gasteiger partial charge in [0.05, 0.1) is 24.1 Å². The van der Waals surface area contributed by atoms with E-state index in [0.29, 0.717) is 28.2 Å². The van der Waals surface area contributed by atoms with Crippen molar-refractivity contribution in [3.8, 4) is 0 Å². The highest BCUT2D eigenvalue weighted by Crippen LogP contribution is 2.33. The number of carbonyl (C=O) groups excluding carboxylic acids is 1. The third-order valence-corrected chi connectivity index (χ3v) is 4.21. The number of nitrogens with zero attached hydrogens (tertiary/aromatic N) is 2. The molecule has 2 amide bonds. The molecule has 0 spiro atoms. The Hall–Kier alpha value is -2.96. The number of aromatic nitrogens is 2. The van der Waals surface area contributed by atoms with Crippen molar-refractivity contribution in [2.75, 3.05) is 5.32 Å². The number of fused-ring (bicyclic) bond motifs is 1. The summed E-state index contributed by atoms with van der Waals surface area (Å²) in [6, 6.07) is 3.65. The number of anilines is 1. The summed E-state index contributed by atoms with van der Waals surface area (Å²) in [6.07, 6.45) is 3.09. The maximum absolute atomic E-state index is 13.5. The lowest BCUT2D eigenvalue weighted by atomic mass is 9.98. The van der Waals surface area contributed by atoms with E-state index in [1.807, 2.05) is 20.8 Å². The molecule has 1 atom stereocenters. The van der Waals surface area contributed by atoms with Crippen LogP contribution in [0, 0.1) is 25.6 Å². The largest absolute Gasteiger partial charge is 0.459 e. The second-order valence-corrected chi connectivity index (χ2v) is 6.57. The number of aryl methyl sites for hydroxylation is 2. The molecule has 0 saturated heterocycles. The van der Waals surface area contributed by atoms with E-state index in [1.54, 1.807) is 25.4 Å². The van der Waals surface area contributed by atoms with E-state index in [2.05, 4.69) is 20.6 Å². The molecule has 0 aliphatic heterocycles. The molecule has 0 aliphatic rings. The van der Waals surface area contributed by atoms with Crippen molar-refractivity contribution >= 4 is 22.7 Å². The Labute approximate surface area is 150 Å². The Morgan fingerprint density at radius 1 is 1.19 bits per heavy atom. The third kappa shape index (κ3) is 3.66. The summed E-state index contributed by atoms with van der Waals surface area (Å²) in [4.78, 5) is 20.5. The van der Waals surface area contributed by atoms with Gasteiger partial charge in [-0.05, 0) is 38.0 Å². The van der Waals surface area contributed by atoms with Crippen molar-refractivity contribution < 1.29 is 13.6 Å². The van der Waals surface area contributed by atoms with Crippen LogP contribution in [0.3, 0.4) is 0 Å². The Morgan fingerprint density at radius 3 is 2.54 bits per heavy atom. The van der Waals surface area contributed by atoms with Crippen molar-refractivity contribution in [1.29, 1.82) is 0 Å². The van der Waals surface area contributed by atoms with Gasteiger partial charge in [-0.25, -0.2) is 19.2 Å². The van der Waals surface area contributed by atoms with Crippen LogP contribution in [0.5, 0.6) is 0 Å². The van der Waals surface area contributed by atoms with Gasteiger partial charge < -0.3 is 15.1 Å². The predicted molar refractivity (Wildman–Crippen MR) is 97.4 cm³/mol. The number of hydrogen-bond donors (Lipinski definition) is 2. The van der Waals surface area contributed by atoms with Crippen LogP contribution < -0.4 is 10.6 Å². The first-order chi connectivity index (χ1) is 12.3. The lowest BCUT2D eigenvalue weighted by Gasteiger charge is -2.21. The molecule has 0 unspecified atom stereocenters. The Kier molecular flexibility index (Phi) is 4.88. The molecule has 0 fully saturated rings. The topological polar surface area (TPSA) is 80.0 Å². The molecule has 3 rings (SSSR count). The van der Waals surface area contributed by atoms with E-state index in [9.17, 15) is 9.18 Å². The number of hydrogen-bond acceptors (Lipinski definition) is 4. The smallest absolute Gasteiger partial charge is 0.319 e. The number of rotatable bonds is 4. The number of carbonyl (C=O) groups is 1. The van der Waals surface area contributed by atoms with Crippen LogP contribution in [0.15, 0.2) is 35.0 Å². The van der Waals surface area contributed by atoms with Crippen molar-refractivity contribution in [1.82, 2.24) is 15.3 Å². The average Bonchev–Trinajstić information content (AvgIpc) is 2.91. The molecule has 1 aromatic carbocycles. The SMILES string of the molecule is Cc1ncc(NC(=O)N[C@H](c2oc3ccc(F)cc3c2C)C(C)C)cn1. The van der Waals surface area contributed by atoms with Crippen LogP contribution in [0.4, 0.5) is 14.9 Å². The fraction of sp³-hybridized carbons (Fsp3) is 0.316. The van der Waals surface area contributed by atoms with E-state index in [-0.39, 0.29) is 23.8 Å². The number of halogens is 1. The summed E-state index contributed by atoms with van der Waals surface area (Å²) >= 11 is 0. The zero-order chi connectivity index (χ0) is 18.8. The Balaban J connectivity index is 1.84. The molecule has 0 radical (unpaired) electrons. The van der Waals surface area contributed by atoms with Crippen molar-refractivity contribution in [3.63, 3.8) is 0 Å². The van der Waals surface area contributed by atoms with Crippen molar-refractivity contribution in [2.24, 2.45) is 5.92 Å². The predicted octanol–water partition coefficient (Wildman–Crippen LogP) is 4.50. The average molecular weight is 356 g/mol. The molecule has 2 aromatic heterocycles. The summed E-state index contributed by atoms with van der Waals surface area (Å²) < 4.78 is 19.4. The molecule has 0 saturated carbocycles. The molecule has 2 N–H and O–H groups in total. The minimum absolute atomic E-state index is 0.0686. The molecular weight excluding hydrogens is 335 g/mol. The molecule has 26 heavy (non-hydrogen) atoms. The van der Waals surface area contributed by atoms with E-state index in [0.717, 1.165) is 5.56 Å². The molecule has 3 aromatic rings. The first kappa shape index (κ1) is 17.8. The highest BCUT2D eigenvalue weighted by molar-refractivity contribution is 5.89. The fourth-order valence-corrected chi connectivity index (χ4v) is 2.81. The van der Waals surface area contributed by atoms with E-state index < -0.39 is 0 Å². The summed E-state index contributed by atoms with van der Waals surface area (Å²) in [6.45, 7) is 7.59. The molecule has 6 nitrogen and oxygen atoms in total. The minimum atomic E-state index is -0.387. The zero-order valence-corrected chi connectivity index (χ0v) is 15.1. The minimum Gasteiger partial charge on any atom is -0.459 e. The van der Waals surface area contributed by atoms with E-state index in [4.69, 9.17) is 4.42 Å². The number of benzene rings is 1. The number of nitrogens with one attached hydrogen (secondary N) is 2. The second kappa shape index (κ2) is 7.11. The van der Waals surface area contributed by atoms with Crippen molar-refractivity contribution in [3.05, 3.63) is 53.6 Å². The summed E-state index contributed by atoms with van der Waals surface area (Å²) in [5, 5.41) is 6.34. The van der Waals surface area contributed by atoms with Gasteiger partial charge >= 0.3 is 6.03 Å². The summed E-state index contributed by atoms with van der Waals surface area (Å²) in [5.74, 6) is 0.996. The molecule has 0 bridgehead atoms. The van der Waals surface area contributed by atoms with E-state index >= 15 is 0 Å². The highest BCUT2D eigenvalue weighted by atomic mass is 19.1. The third-order valence-electron chi connectivity index (χ3n) is 4.21. The van der Waals surface area contributed by atoms with Crippen LogP contribution in [-0.2, 0) is 0 Å².